The number of hydrogen-bond donors (Lipinski definition) is 4. The van der Waals surface area contributed by atoms with E-state index >= 15 is 0 Å². The molecular formula is C10H18N2O4. The summed E-state index contributed by atoms with van der Waals surface area (Å²) in [5.74, 6) is -1.51. The van der Waals surface area contributed by atoms with Gasteiger partial charge in [0.15, 0.2) is 0 Å². The minimum absolute atomic E-state index is 0.0429. The Hall–Kier alpha value is -1.14. The Morgan fingerprint density at radius 3 is 2.75 bits per heavy atom. The minimum Gasteiger partial charge on any atom is -0.480 e. The van der Waals surface area contributed by atoms with Crippen molar-refractivity contribution in [3.05, 3.63) is 0 Å². The second kappa shape index (κ2) is 6.44. The molecule has 0 saturated carbocycles. The lowest BCUT2D eigenvalue weighted by molar-refractivity contribution is -0.143. The van der Waals surface area contributed by atoms with E-state index in [0.717, 1.165) is 19.4 Å². The number of aliphatic hydroxyl groups excluding tert-OH is 1. The van der Waals surface area contributed by atoms with Crippen LogP contribution in [0.1, 0.15) is 19.3 Å². The van der Waals surface area contributed by atoms with Crippen molar-refractivity contribution in [2.45, 2.75) is 25.3 Å². The fourth-order valence-corrected chi connectivity index (χ4v) is 1.75. The van der Waals surface area contributed by atoms with E-state index in [1.807, 2.05) is 0 Å². The highest BCUT2D eigenvalue weighted by atomic mass is 16.4. The topological polar surface area (TPSA) is 98.7 Å². The summed E-state index contributed by atoms with van der Waals surface area (Å²) >= 11 is 0. The molecule has 6 nitrogen and oxygen atoms in total. The third-order valence-corrected chi connectivity index (χ3v) is 2.70. The second-order valence-corrected chi connectivity index (χ2v) is 3.95. The van der Waals surface area contributed by atoms with Gasteiger partial charge in [-0.25, -0.2) is 4.79 Å². The van der Waals surface area contributed by atoms with Crippen molar-refractivity contribution in [3.8, 4) is 0 Å². The average molecular weight is 230 g/mol. The molecule has 1 saturated heterocycles. The van der Waals surface area contributed by atoms with Gasteiger partial charge in [-0.15, -0.1) is 0 Å². The maximum Gasteiger partial charge on any atom is 0.326 e. The third kappa shape index (κ3) is 3.79. The molecule has 6 heteroatoms. The van der Waals surface area contributed by atoms with Gasteiger partial charge in [-0.2, -0.15) is 0 Å². The molecule has 1 heterocycles. The molecule has 0 unspecified atom stereocenters. The van der Waals surface area contributed by atoms with Crippen LogP contribution >= 0.6 is 0 Å². The van der Waals surface area contributed by atoms with Crippen molar-refractivity contribution >= 4 is 11.9 Å². The highest BCUT2D eigenvalue weighted by molar-refractivity contribution is 5.85. The molecule has 0 aliphatic carbocycles. The number of amides is 1. The highest BCUT2D eigenvalue weighted by Crippen LogP contribution is 2.10. The molecule has 16 heavy (non-hydrogen) atoms. The third-order valence-electron chi connectivity index (χ3n) is 2.70. The van der Waals surface area contributed by atoms with Crippen LogP contribution < -0.4 is 10.6 Å². The van der Waals surface area contributed by atoms with Gasteiger partial charge in [0.2, 0.25) is 5.91 Å². The number of aliphatic carboxylic acids is 1. The van der Waals surface area contributed by atoms with Gasteiger partial charge >= 0.3 is 5.97 Å². The zero-order chi connectivity index (χ0) is 12.0. The Kier molecular flexibility index (Phi) is 5.21. The smallest absolute Gasteiger partial charge is 0.326 e. The van der Waals surface area contributed by atoms with Crippen LogP contribution in [0.25, 0.3) is 0 Å². The zero-order valence-electron chi connectivity index (χ0n) is 9.11. The van der Waals surface area contributed by atoms with Crippen molar-refractivity contribution in [1.29, 1.82) is 0 Å². The molecule has 92 valence electrons. The minimum atomic E-state index is -1.11. The van der Waals surface area contributed by atoms with Crippen molar-refractivity contribution in [1.82, 2.24) is 10.6 Å². The molecule has 1 aliphatic heterocycles. The van der Waals surface area contributed by atoms with Gasteiger partial charge in [0.1, 0.15) is 6.04 Å². The first-order valence-corrected chi connectivity index (χ1v) is 5.50. The SMILES string of the molecule is O=C(N[C@@H](CCO)C(=O)O)[C@H]1CCCNC1. The lowest BCUT2D eigenvalue weighted by atomic mass is 9.98. The number of carboxylic acid groups (broad SMARTS) is 1. The van der Waals surface area contributed by atoms with Gasteiger partial charge in [-0.3, -0.25) is 4.79 Å². The number of carbonyl (C=O) groups excluding carboxylic acids is 1. The quantitative estimate of drug-likeness (QED) is 0.482. The summed E-state index contributed by atoms with van der Waals surface area (Å²) in [6.45, 7) is 1.25. The van der Waals surface area contributed by atoms with E-state index in [-0.39, 0.29) is 24.9 Å². The zero-order valence-corrected chi connectivity index (χ0v) is 9.11. The van der Waals surface area contributed by atoms with Crippen LogP contribution in [-0.2, 0) is 9.59 Å². The summed E-state index contributed by atoms with van der Waals surface area (Å²) in [7, 11) is 0. The highest BCUT2D eigenvalue weighted by Gasteiger charge is 2.25. The van der Waals surface area contributed by atoms with Gasteiger partial charge in [-0.05, 0) is 19.4 Å². The van der Waals surface area contributed by atoms with Gasteiger partial charge in [-0.1, -0.05) is 0 Å². The van der Waals surface area contributed by atoms with Gasteiger partial charge in [0, 0.05) is 19.6 Å². The molecule has 1 aliphatic rings. The fourth-order valence-electron chi connectivity index (χ4n) is 1.75. The Labute approximate surface area is 94.0 Å². The molecule has 0 radical (unpaired) electrons. The first-order valence-electron chi connectivity index (χ1n) is 5.50. The Balaban J connectivity index is 2.43. The molecule has 0 aromatic rings. The van der Waals surface area contributed by atoms with Crippen molar-refractivity contribution in [3.63, 3.8) is 0 Å². The van der Waals surface area contributed by atoms with Crippen LogP contribution in [0.2, 0.25) is 0 Å². The summed E-state index contributed by atoms with van der Waals surface area (Å²) in [5, 5.41) is 23.0. The standard InChI is InChI=1S/C10H18N2O4/c13-5-3-8(10(15)16)12-9(14)7-2-1-4-11-6-7/h7-8,11,13H,1-6H2,(H,12,14)(H,15,16)/t7-,8-/m0/s1. The maximum absolute atomic E-state index is 11.7. The van der Waals surface area contributed by atoms with E-state index in [0.29, 0.717) is 6.54 Å². The molecule has 1 fully saturated rings. The van der Waals surface area contributed by atoms with Crippen LogP contribution in [0.5, 0.6) is 0 Å². The lowest BCUT2D eigenvalue weighted by Crippen LogP contribution is -2.47. The molecule has 1 rings (SSSR count). The molecule has 4 N–H and O–H groups in total. The van der Waals surface area contributed by atoms with E-state index < -0.39 is 12.0 Å². The molecular weight excluding hydrogens is 212 g/mol. The predicted octanol–water partition coefficient (Wildman–Crippen LogP) is -1.06. The maximum atomic E-state index is 11.7. The average Bonchev–Trinajstić information content (AvgIpc) is 2.29. The number of nitrogens with one attached hydrogen (secondary N) is 2. The van der Waals surface area contributed by atoms with Crippen LogP contribution in [0, 0.1) is 5.92 Å². The van der Waals surface area contributed by atoms with E-state index in [2.05, 4.69) is 10.6 Å². The summed E-state index contributed by atoms with van der Waals surface area (Å²) in [6, 6.07) is -0.987. The molecule has 0 bridgehead atoms. The molecule has 0 aromatic carbocycles. The van der Waals surface area contributed by atoms with Gasteiger partial charge in [0.05, 0.1) is 5.92 Å². The van der Waals surface area contributed by atoms with Crippen molar-refractivity contribution in [2.75, 3.05) is 19.7 Å². The van der Waals surface area contributed by atoms with Crippen molar-refractivity contribution < 1.29 is 19.8 Å². The largest absolute Gasteiger partial charge is 0.480 e. The number of rotatable bonds is 5. The van der Waals surface area contributed by atoms with Gasteiger partial charge < -0.3 is 20.8 Å². The van der Waals surface area contributed by atoms with Gasteiger partial charge in [0.25, 0.3) is 0 Å². The van der Waals surface area contributed by atoms with Crippen LogP contribution in [0.3, 0.4) is 0 Å². The Morgan fingerprint density at radius 1 is 1.50 bits per heavy atom. The summed E-state index contributed by atoms with van der Waals surface area (Å²) in [4.78, 5) is 22.5. The number of piperidine rings is 1. The van der Waals surface area contributed by atoms with E-state index in [4.69, 9.17) is 10.2 Å². The summed E-state index contributed by atoms with van der Waals surface area (Å²) < 4.78 is 0. The van der Waals surface area contributed by atoms with E-state index in [9.17, 15) is 9.59 Å². The van der Waals surface area contributed by atoms with Crippen molar-refractivity contribution in [2.24, 2.45) is 5.92 Å². The Morgan fingerprint density at radius 2 is 2.25 bits per heavy atom. The molecule has 0 aromatic heterocycles. The molecule has 1 amide bonds. The second-order valence-electron chi connectivity index (χ2n) is 3.95. The Bertz CT molecular complexity index is 251. The van der Waals surface area contributed by atoms with E-state index in [1.54, 1.807) is 0 Å². The molecule has 2 atom stereocenters. The summed E-state index contributed by atoms with van der Waals surface area (Å²) in [6.07, 6.45) is 1.75. The molecule has 0 spiro atoms. The van der Waals surface area contributed by atoms with Crippen LogP contribution in [-0.4, -0.2) is 47.8 Å². The first kappa shape index (κ1) is 12.9. The van der Waals surface area contributed by atoms with E-state index in [1.165, 1.54) is 0 Å². The first-order chi connectivity index (χ1) is 7.65. The number of carboxylic acids is 1. The fraction of sp³-hybridized carbons (Fsp3) is 0.800. The number of aliphatic hydroxyl groups is 1. The monoisotopic (exact) mass is 230 g/mol. The normalized spacial score (nSPS) is 22.4. The van der Waals surface area contributed by atoms with Crippen LogP contribution in [0.4, 0.5) is 0 Å². The number of hydrogen-bond acceptors (Lipinski definition) is 4. The van der Waals surface area contributed by atoms with Crippen LogP contribution in [0.15, 0.2) is 0 Å². The number of carbonyl (C=O) groups is 2. The lowest BCUT2D eigenvalue weighted by Gasteiger charge is -2.23. The predicted molar refractivity (Wildman–Crippen MR) is 56.9 cm³/mol. The summed E-state index contributed by atoms with van der Waals surface area (Å²) in [5.41, 5.74) is 0.